The van der Waals surface area contributed by atoms with E-state index in [0.717, 1.165) is 18.7 Å². The van der Waals surface area contributed by atoms with Gasteiger partial charge < -0.3 is 10.1 Å². The van der Waals surface area contributed by atoms with Crippen molar-refractivity contribution in [3.05, 3.63) is 28.7 Å². The number of pyridine rings is 1. The lowest BCUT2D eigenvalue weighted by molar-refractivity contribution is 0.0554. The predicted molar refractivity (Wildman–Crippen MR) is 67.8 cm³/mol. The van der Waals surface area contributed by atoms with Gasteiger partial charge in [-0.3, -0.25) is 4.79 Å². The number of hydrogen-bond acceptors (Lipinski definition) is 4. The average molecular weight is 274 g/mol. The Morgan fingerprint density at radius 1 is 1.44 bits per heavy atom. The number of aliphatic hydroxyl groups is 1. The quantitative estimate of drug-likeness (QED) is 0.690. The number of rotatable bonds is 6. The third kappa shape index (κ3) is 4.25. The van der Waals surface area contributed by atoms with Gasteiger partial charge in [-0.05, 0) is 19.4 Å². The van der Waals surface area contributed by atoms with Crippen LogP contribution in [0.5, 0.6) is 0 Å². The molecule has 1 aromatic rings. The van der Waals surface area contributed by atoms with Crippen molar-refractivity contribution < 1.29 is 13.5 Å². The fourth-order valence-corrected chi connectivity index (χ4v) is 2.65. The average Bonchev–Trinajstić information content (AvgIpc) is 2.27. The van der Waals surface area contributed by atoms with Crippen molar-refractivity contribution in [1.82, 2.24) is 9.71 Å². The molecular weight excluding hydrogens is 256 g/mol. The summed E-state index contributed by atoms with van der Waals surface area (Å²) in [5, 5.41) is 9.88. The second-order valence-corrected chi connectivity index (χ2v) is 6.23. The molecule has 6 nitrogen and oxygen atoms in total. The Bertz CT molecular complexity index is 528. The van der Waals surface area contributed by atoms with Crippen LogP contribution in [0.2, 0.25) is 0 Å². The maximum atomic E-state index is 11.9. The summed E-state index contributed by atoms with van der Waals surface area (Å²) < 4.78 is 26.0. The fraction of sp³-hybridized carbons (Fsp3) is 0.545. The van der Waals surface area contributed by atoms with Crippen LogP contribution in [0.15, 0.2) is 28.0 Å². The highest BCUT2D eigenvalue weighted by atomic mass is 32.2. The SMILES string of the molecule is CCCC(C)(O)CNS(=O)(=O)c1ccc(=O)[nH]c1. The highest BCUT2D eigenvalue weighted by Gasteiger charge is 2.23. The third-order valence-corrected chi connectivity index (χ3v) is 3.90. The van der Waals surface area contributed by atoms with Crippen molar-refractivity contribution in [2.45, 2.75) is 37.2 Å². The monoisotopic (exact) mass is 274 g/mol. The maximum absolute atomic E-state index is 11.9. The number of H-pyrrole nitrogens is 1. The Morgan fingerprint density at radius 3 is 2.61 bits per heavy atom. The second-order valence-electron chi connectivity index (χ2n) is 4.46. The molecule has 18 heavy (non-hydrogen) atoms. The van der Waals surface area contributed by atoms with Crippen LogP contribution < -0.4 is 10.3 Å². The molecule has 0 radical (unpaired) electrons. The van der Waals surface area contributed by atoms with Gasteiger partial charge in [0.15, 0.2) is 0 Å². The summed E-state index contributed by atoms with van der Waals surface area (Å²) in [6, 6.07) is 2.36. The molecule has 1 aromatic heterocycles. The van der Waals surface area contributed by atoms with Crippen molar-refractivity contribution in [2.75, 3.05) is 6.54 Å². The molecule has 1 atom stereocenters. The van der Waals surface area contributed by atoms with Crippen LogP contribution in [0.25, 0.3) is 0 Å². The van der Waals surface area contributed by atoms with Crippen LogP contribution >= 0.6 is 0 Å². The van der Waals surface area contributed by atoms with Gasteiger partial charge in [0, 0.05) is 18.8 Å². The maximum Gasteiger partial charge on any atom is 0.247 e. The Morgan fingerprint density at radius 2 is 2.11 bits per heavy atom. The number of aromatic nitrogens is 1. The molecular formula is C11H18N2O4S. The molecule has 3 N–H and O–H groups in total. The van der Waals surface area contributed by atoms with Gasteiger partial charge in [0.05, 0.1) is 10.5 Å². The molecule has 0 amide bonds. The molecule has 0 spiro atoms. The molecule has 0 saturated carbocycles. The van der Waals surface area contributed by atoms with Gasteiger partial charge >= 0.3 is 0 Å². The van der Waals surface area contributed by atoms with Crippen molar-refractivity contribution in [1.29, 1.82) is 0 Å². The summed E-state index contributed by atoms with van der Waals surface area (Å²) in [5.41, 5.74) is -1.45. The highest BCUT2D eigenvalue weighted by molar-refractivity contribution is 7.89. The van der Waals surface area contributed by atoms with Gasteiger partial charge in [-0.25, -0.2) is 13.1 Å². The Hall–Kier alpha value is -1.18. The van der Waals surface area contributed by atoms with Crippen LogP contribution in [0.3, 0.4) is 0 Å². The van der Waals surface area contributed by atoms with E-state index >= 15 is 0 Å². The standard InChI is InChI=1S/C11H18N2O4S/c1-3-6-11(2,15)8-13-18(16,17)9-4-5-10(14)12-7-9/h4-5,7,13,15H,3,6,8H2,1-2H3,(H,12,14). The lowest BCUT2D eigenvalue weighted by Gasteiger charge is -2.22. The largest absolute Gasteiger partial charge is 0.389 e. The smallest absolute Gasteiger partial charge is 0.247 e. The van der Waals surface area contributed by atoms with Gasteiger partial charge in [-0.2, -0.15) is 0 Å². The van der Waals surface area contributed by atoms with Gasteiger partial charge in [-0.15, -0.1) is 0 Å². The minimum Gasteiger partial charge on any atom is -0.389 e. The van der Waals surface area contributed by atoms with E-state index in [1.54, 1.807) is 6.92 Å². The normalized spacial score (nSPS) is 15.3. The lowest BCUT2D eigenvalue weighted by Crippen LogP contribution is -2.40. The summed E-state index contributed by atoms with van der Waals surface area (Å²) >= 11 is 0. The molecule has 0 saturated heterocycles. The number of sulfonamides is 1. The van der Waals surface area contributed by atoms with E-state index < -0.39 is 15.6 Å². The number of aromatic amines is 1. The number of hydrogen-bond donors (Lipinski definition) is 3. The molecule has 0 aromatic carbocycles. The molecule has 7 heteroatoms. The summed E-state index contributed by atoms with van der Waals surface area (Å²) in [4.78, 5) is 13.1. The van der Waals surface area contributed by atoms with Crippen LogP contribution in [0.4, 0.5) is 0 Å². The van der Waals surface area contributed by atoms with E-state index in [4.69, 9.17) is 0 Å². The Balaban J connectivity index is 2.77. The van der Waals surface area contributed by atoms with Crippen molar-refractivity contribution in [3.8, 4) is 0 Å². The molecule has 0 aliphatic carbocycles. The van der Waals surface area contributed by atoms with Crippen LogP contribution in [-0.4, -0.2) is 30.7 Å². The molecule has 1 rings (SSSR count). The molecule has 102 valence electrons. The minimum atomic E-state index is -3.71. The van der Waals surface area contributed by atoms with E-state index in [1.807, 2.05) is 6.92 Å². The molecule has 0 aliphatic rings. The summed E-state index contributed by atoms with van der Waals surface area (Å²) in [6.07, 6.45) is 2.38. The van der Waals surface area contributed by atoms with Crippen LogP contribution in [-0.2, 0) is 10.0 Å². The molecule has 1 unspecified atom stereocenters. The zero-order chi connectivity index (χ0) is 13.8. The van der Waals surface area contributed by atoms with E-state index in [1.165, 1.54) is 6.07 Å². The second kappa shape index (κ2) is 5.64. The lowest BCUT2D eigenvalue weighted by atomic mass is 10.0. The number of nitrogens with one attached hydrogen (secondary N) is 2. The van der Waals surface area contributed by atoms with E-state index in [2.05, 4.69) is 9.71 Å². The molecule has 0 bridgehead atoms. The molecule has 1 heterocycles. The predicted octanol–water partition coefficient (Wildman–Crippen LogP) is 0.204. The summed E-state index contributed by atoms with van der Waals surface area (Å²) in [7, 11) is -3.71. The molecule has 0 aliphatic heterocycles. The molecule has 0 fully saturated rings. The summed E-state index contributed by atoms with van der Waals surface area (Å²) in [6.45, 7) is 3.42. The first-order chi connectivity index (χ1) is 8.27. The van der Waals surface area contributed by atoms with Crippen molar-refractivity contribution in [3.63, 3.8) is 0 Å². The van der Waals surface area contributed by atoms with E-state index in [-0.39, 0.29) is 17.0 Å². The van der Waals surface area contributed by atoms with Crippen molar-refractivity contribution >= 4 is 10.0 Å². The van der Waals surface area contributed by atoms with Crippen LogP contribution in [0.1, 0.15) is 26.7 Å². The van der Waals surface area contributed by atoms with Gasteiger partial charge in [0.25, 0.3) is 0 Å². The third-order valence-electron chi connectivity index (χ3n) is 2.50. The zero-order valence-corrected chi connectivity index (χ0v) is 11.3. The first-order valence-electron chi connectivity index (χ1n) is 5.68. The summed E-state index contributed by atoms with van der Waals surface area (Å²) in [5.74, 6) is 0. The van der Waals surface area contributed by atoms with Crippen LogP contribution in [0, 0.1) is 0 Å². The topological polar surface area (TPSA) is 99.3 Å². The van der Waals surface area contributed by atoms with E-state index in [0.29, 0.717) is 6.42 Å². The minimum absolute atomic E-state index is 0.0330. The van der Waals surface area contributed by atoms with E-state index in [9.17, 15) is 18.3 Å². The van der Waals surface area contributed by atoms with Gasteiger partial charge in [0.2, 0.25) is 15.6 Å². The highest BCUT2D eigenvalue weighted by Crippen LogP contribution is 2.12. The zero-order valence-electron chi connectivity index (χ0n) is 10.4. The first kappa shape index (κ1) is 14.9. The van der Waals surface area contributed by atoms with Crippen molar-refractivity contribution in [2.24, 2.45) is 0 Å². The Kier molecular flexibility index (Phi) is 4.66. The first-order valence-corrected chi connectivity index (χ1v) is 7.16. The fourth-order valence-electron chi connectivity index (χ4n) is 1.52. The Labute approximate surface area is 106 Å². The van der Waals surface area contributed by atoms with Gasteiger partial charge in [-0.1, -0.05) is 13.3 Å². The van der Waals surface area contributed by atoms with Gasteiger partial charge in [0.1, 0.15) is 0 Å².